The maximum atomic E-state index is 5.15. The summed E-state index contributed by atoms with van der Waals surface area (Å²) in [5.41, 5.74) is 14.4. The number of rotatable bonds is 12. The van der Waals surface area contributed by atoms with Crippen LogP contribution in [0.5, 0.6) is 0 Å². The van der Waals surface area contributed by atoms with Crippen LogP contribution in [-0.2, 0) is 18.3 Å². The lowest BCUT2D eigenvalue weighted by atomic mass is 9.82. The van der Waals surface area contributed by atoms with Crippen LogP contribution in [-0.4, -0.2) is 4.98 Å². The summed E-state index contributed by atoms with van der Waals surface area (Å²) >= 11 is 0. The van der Waals surface area contributed by atoms with Gasteiger partial charge in [0.2, 0.25) is 0 Å². The van der Waals surface area contributed by atoms with E-state index in [0.29, 0.717) is 0 Å². The fourth-order valence-electron chi connectivity index (χ4n) is 7.06. The molecular formula is C42H47N. The van der Waals surface area contributed by atoms with Crippen LogP contribution in [0.25, 0.3) is 44.4 Å². The standard InChI is InChI=1S/C42H47N/c1-5-7-9-11-15-30-25-31(16-12-10-8-6-2)27-35(26-30)32-20-23-40-33(28-32)21-24-41(43-40)34-19-22-37-36-17-13-14-18-38(36)42(3,4)39(37)29-34/h13-14,17-29H,5-12,15-16H2,1-4H3. The summed E-state index contributed by atoms with van der Waals surface area (Å²) in [4.78, 5) is 5.15. The average Bonchev–Trinajstić information content (AvgIpc) is 3.27. The van der Waals surface area contributed by atoms with Gasteiger partial charge in [-0.15, -0.1) is 0 Å². The van der Waals surface area contributed by atoms with Crippen LogP contribution in [0.4, 0.5) is 0 Å². The van der Waals surface area contributed by atoms with E-state index in [0.717, 1.165) is 11.2 Å². The van der Waals surface area contributed by atoms with Gasteiger partial charge in [0.1, 0.15) is 0 Å². The minimum Gasteiger partial charge on any atom is -0.248 e. The van der Waals surface area contributed by atoms with Gasteiger partial charge in [-0.2, -0.15) is 0 Å². The first kappa shape index (κ1) is 29.4. The Bertz CT molecular complexity index is 1690. The van der Waals surface area contributed by atoms with E-state index in [1.807, 2.05) is 0 Å². The zero-order chi connectivity index (χ0) is 29.8. The number of unbranched alkanes of at least 4 members (excludes halogenated alkanes) is 6. The van der Waals surface area contributed by atoms with Gasteiger partial charge in [-0.3, -0.25) is 0 Å². The molecule has 0 saturated carbocycles. The molecule has 0 amide bonds. The Morgan fingerprint density at radius 2 is 1.21 bits per heavy atom. The normalized spacial score (nSPS) is 13.3. The van der Waals surface area contributed by atoms with E-state index in [1.54, 1.807) is 0 Å². The molecule has 220 valence electrons. The highest BCUT2D eigenvalue weighted by Gasteiger charge is 2.35. The Kier molecular flexibility index (Phi) is 8.80. The van der Waals surface area contributed by atoms with E-state index in [4.69, 9.17) is 4.98 Å². The molecule has 0 unspecified atom stereocenters. The molecule has 0 aliphatic heterocycles. The van der Waals surface area contributed by atoms with E-state index in [1.165, 1.54) is 120 Å². The van der Waals surface area contributed by atoms with Gasteiger partial charge in [0.25, 0.3) is 0 Å². The van der Waals surface area contributed by atoms with Crippen molar-refractivity contribution in [3.8, 4) is 33.5 Å². The van der Waals surface area contributed by atoms with Crippen molar-refractivity contribution in [3.05, 3.63) is 113 Å². The molecule has 0 saturated heterocycles. The molecule has 1 nitrogen and oxygen atoms in total. The van der Waals surface area contributed by atoms with Crippen LogP contribution >= 0.6 is 0 Å². The topological polar surface area (TPSA) is 12.9 Å². The molecule has 0 N–H and O–H groups in total. The summed E-state index contributed by atoms with van der Waals surface area (Å²) in [5, 5.41) is 1.20. The Balaban J connectivity index is 1.28. The number of fused-ring (bicyclic) bond motifs is 4. The minimum absolute atomic E-state index is 0.00687. The third-order valence-corrected chi connectivity index (χ3v) is 9.59. The molecule has 0 spiro atoms. The van der Waals surface area contributed by atoms with Crippen LogP contribution in [0.3, 0.4) is 0 Å². The number of aryl methyl sites for hydroxylation is 2. The van der Waals surface area contributed by atoms with E-state index in [9.17, 15) is 0 Å². The summed E-state index contributed by atoms with van der Waals surface area (Å²) < 4.78 is 0. The highest BCUT2D eigenvalue weighted by atomic mass is 14.7. The average molecular weight is 566 g/mol. The van der Waals surface area contributed by atoms with Crippen molar-refractivity contribution in [3.63, 3.8) is 0 Å². The van der Waals surface area contributed by atoms with Crippen molar-refractivity contribution in [1.29, 1.82) is 0 Å². The van der Waals surface area contributed by atoms with Crippen LogP contribution in [0.1, 0.15) is 101 Å². The Labute approximate surface area is 259 Å². The third-order valence-electron chi connectivity index (χ3n) is 9.59. The van der Waals surface area contributed by atoms with Gasteiger partial charge in [-0.05, 0) is 94.5 Å². The van der Waals surface area contributed by atoms with Gasteiger partial charge in [-0.25, -0.2) is 4.98 Å². The van der Waals surface area contributed by atoms with Crippen molar-refractivity contribution in [1.82, 2.24) is 4.98 Å². The molecular weight excluding hydrogens is 518 g/mol. The van der Waals surface area contributed by atoms with E-state index >= 15 is 0 Å². The predicted octanol–water partition coefficient (Wildman–Crippen LogP) is 12.1. The number of pyridine rings is 1. The molecule has 1 heteroatoms. The second kappa shape index (κ2) is 12.9. The Hall–Kier alpha value is -3.71. The smallest absolute Gasteiger partial charge is 0.0709 e. The summed E-state index contributed by atoms with van der Waals surface area (Å²) in [6.45, 7) is 9.26. The molecule has 6 rings (SSSR count). The second-order valence-electron chi connectivity index (χ2n) is 13.2. The van der Waals surface area contributed by atoms with Crippen molar-refractivity contribution in [2.45, 2.75) is 97.3 Å². The largest absolute Gasteiger partial charge is 0.248 e. The highest BCUT2D eigenvalue weighted by molar-refractivity contribution is 5.88. The van der Waals surface area contributed by atoms with Gasteiger partial charge in [0.05, 0.1) is 11.2 Å². The number of benzene rings is 4. The molecule has 1 aliphatic rings. The highest BCUT2D eigenvalue weighted by Crippen LogP contribution is 2.49. The maximum absolute atomic E-state index is 5.15. The van der Waals surface area contributed by atoms with Crippen LogP contribution in [0.15, 0.2) is 91.0 Å². The number of hydrogen-bond donors (Lipinski definition) is 0. The first-order valence-corrected chi connectivity index (χ1v) is 16.8. The van der Waals surface area contributed by atoms with Gasteiger partial charge >= 0.3 is 0 Å². The summed E-state index contributed by atoms with van der Waals surface area (Å²) in [5.74, 6) is 0. The Morgan fingerprint density at radius 3 is 1.93 bits per heavy atom. The van der Waals surface area contributed by atoms with E-state index in [-0.39, 0.29) is 5.41 Å². The summed E-state index contributed by atoms with van der Waals surface area (Å²) in [6.07, 6.45) is 12.8. The van der Waals surface area contributed by atoms with Gasteiger partial charge in [0.15, 0.2) is 0 Å². The summed E-state index contributed by atoms with van der Waals surface area (Å²) in [6, 6.07) is 34.4. The molecule has 43 heavy (non-hydrogen) atoms. The number of hydrogen-bond acceptors (Lipinski definition) is 1. The van der Waals surface area contributed by atoms with E-state index < -0.39 is 0 Å². The fraction of sp³-hybridized carbons (Fsp3) is 0.357. The fourth-order valence-corrected chi connectivity index (χ4v) is 7.06. The zero-order valence-electron chi connectivity index (χ0n) is 26.7. The van der Waals surface area contributed by atoms with Gasteiger partial charge in [0, 0.05) is 16.4 Å². The maximum Gasteiger partial charge on any atom is 0.0709 e. The lowest BCUT2D eigenvalue weighted by Crippen LogP contribution is -2.14. The second-order valence-corrected chi connectivity index (χ2v) is 13.2. The Morgan fingerprint density at radius 1 is 0.535 bits per heavy atom. The molecule has 0 radical (unpaired) electrons. The third kappa shape index (κ3) is 6.19. The quantitative estimate of drug-likeness (QED) is 0.137. The lowest BCUT2D eigenvalue weighted by molar-refractivity contribution is 0.660. The molecule has 4 aromatic carbocycles. The lowest BCUT2D eigenvalue weighted by Gasteiger charge is -2.21. The first-order chi connectivity index (χ1) is 21.0. The van der Waals surface area contributed by atoms with E-state index in [2.05, 4.69) is 119 Å². The molecule has 1 heterocycles. The monoisotopic (exact) mass is 565 g/mol. The molecule has 1 aromatic heterocycles. The molecule has 5 aromatic rings. The van der Waals surface area contributed by atoms with Crippen molar-refractivity contribution >= 4 is 10.9 Å². The van der Waals surface area contributed by atoms with Crippen LogP contribution in [0, 0.1) is 0 Å². The molecule has 0 atom stereocenters. The summed E-state index contributed by atoms with van der Waals surface area (Å²) in [7, 11) is 0. The zero-order valence-corrected chi connectivity index (χ0v) is 26.7. The SMILES string of the molecule is CCCCCCc1cc(CCCCCC)cc(-c2ccc3nc(-c4ccc5c(c4)C(C)(C)c4ccccc4-5)ccc3c2)c1. The predicted molar refractivity (Wildman–Crippen MR) is 186 cm³/mol. The number of nitrogens with zero attached hydrogens (tertiary/aromatic N) is 1. The van der Waals surface area contributed by atoms with Gasteiger partial charge in [-0.1, -0.05) is 133 Å². The van der Waals surface area contributed by atoms with Crippen molar-refractivity contribution < 1.29 is 0 Å². The van der Waals surface area contributed by atoms with Crippen molar-refractivity contribution in [2.24, 2.45) is 0 Å². The van der Waals surface area contributed by atoms with Crippen LogP contribution in [0.2, 0.25) is 0 Å². The number of aromatic nitrogens is 1. The minimum atomic E-state index is -0.00687. The van der Waals surface area contributed by atoms with Crippen LogP contribution < -0.4 is 0 Å². The molecule has 1 aliphatic carbocycles. The molecule has 0 fully saturated rings. The molecule has 0 bridgehead atoms. The first-order valence-electron chi connectivity index (χ1n) is 16.8. The van der Waals surface area contributed by atoms with Crippen molar-refractivity contribution in [2.75, 3.05) is 0 Å². The van der Waals surface area contributed by atoms with Gasteiger partial charge < -0.3 is 0 Å².